The van der Waals surface area contributed by atoms with Crippen LogP contribution in [-0.4, -0.2) is 25.1 Å². The summed E-state index contributed by atoms with van der Waals surface area (Å²) in [6, 6.07) is 0. The minimum absolute atomic E-state index is 0.0291. The number of amides is 1. The smallest absolute Gasteiger partial charge is 0.221 e. The van der Waals surface area contributed by atoms with Gasteiger partial charge in [0.1, 0.15) is 0 Å². The van der Waals surface area contributed by atoms with Gasteiger partial charge in [-0.25, -0.2) is 4.98 Å². The predicted octanol–water partition coefficient (Wildman–Crippen LogP) is 2.16. The molecule has 1 saturated carbocycles. The Bertz CT molecular complexity index is 916. The van der Waals surface area contributed by atoms with E-state index in [0.717, 1.165) is 16.3 Å². The highest BCUT2D eigenvalue weighted by atomic mass is 32.1. The number of imidazole rings is 1. The van der Waals surface area contributed by atoms with Crippen LogP contribution in [-0.2, 0) is 18.4 Å². The molecule has 1 amide bonds. The normalized spacial score (nSPS) is 21.3. The fourth-order valence-corrected chi connectivity index (χ4v) is 4.47. The van der Waals surface area contributed by atoms with Gasteiger partial charge >= 0.3 is 0 Å². The van der Waals surface area contributed by atoms with Gasteiger partial charge in [0.2, 0.25) is 5.91 Å². The number of aromatic nitrogens is 4. The zero-order valence-corrected chi connectivity index (χ0v) is 13.6. The average Bonchev–Trinajstić information content (AvgIpc) is 3.03. The summed E-state index contributed by atoms with van der Waals surface area (Å²) in [6.45, 7) is 0.512. The monoisotopic (exact) mass is 327 g/mol. The second kappa shape index (κ2) is 4.67. The number of hydrogen-bond donors (Lipinski definition) is 1. The zero-order valence-electron chi connectivity index (χ0n) is 12.8. The van der Waals surface area contributed by atoms with Gasteiger partial charge in [0.15, 0.2) is 4.96 Å². The summed E-state index contributed by atoms with van der Waals surface area (Å²) in [5.41, 5.74) is 4.62. The van der Waals surface area contributed by atoms with Crippen LogP contribution in [0.3, 0.4) is 0 Å². The molecule has 0 saturated heterocycles. The van der Waals surface area contributed by atoms with Gasteiger partial charge in [0.25, 0.3) is 0 Å². The number of fused-ring (bicyclic) bond motifs is 3. The standard InChI is InChI=1S/C16H17N5OS/c1-20-14(9-2-3-9)11(7-18-20)10-6-13(22)17-8-12-15(10)21-4-5-23-16(21)19-12/h4-5,7,9-10H,2-3,6,8H2,1H3,(H,17,22)/t10-/m1/s1. The lowest BCUT2D eigenvalue weighted by Gasteiger charge is -2.16. The Kier molecular flexibility index (Phi) is 2.70. The fourth-order valence-electron chi connectivity index (χ4n) is 3.73. The Hall–Kier alpha value is -2.15. The van der Waals surface area contributed by atoms with E-state index in [4.69, 9.17) is 4.98 Å². The van der Waals surface area contributed by atoms with Crippen LogP contribution in [0.1, 0.15) is 53.7 Å². The van der Waals surface area contributed by atoms with E-state index in [1.807, 2.05) is 23.3 Å². The quantitative estimate of drug-likeness (QED) is 0.784. The molecule has 7 heteroatoms. The van der Waals surface area contributed by atoms with Crippen LogP contribution in [0.4, 0.5) is 0 Å². The van der Waals surface area contributed by atoms with Crippen LogP contribution in [0.15, 0.2) is 17.8 Å². The maximum atomic E-state index is 12.2. The molecule has 23 heavy (non-hydrogen) atoms. The van der Waals surface area contributed by atoms with E-state index in [-0.39, 0.29) is 11.8 Å². The van der Waals surface area contributed by atoms with Crippen molar-refractivity contribution in [2.75, 3.05) is 0 Å². The highest BCUT2D eigenvalue weighted by Gasteiger charge is 2.36. The molecule has 0 radical (unpaired) electrons. The van der Waals surface area contributed by atoms with Crippen LogP contribution in [0.25, 0.3) is 4.96 Å². The van der Waals surface area contributed by atoms with Gasteiger partial charge in [-0.1, -0.05) is 0 Å². The van der Waals surface area contributed by atoms with Crippen molar-refractivity contribution in [2.24, 2.45) is 7.05 Å². The molecule has 6 nitrogen and oxygen atoms in total. The Balaban J connectivity index is 1.73. The molecule has 5 rings (SSSR count). The van der Waals surface area contributed by atoms with Crippen molar-refractivity contribution in [1.82, 2.24) is 24.5 Å². The topological polar surface area (TPSA) is 64.2 Å². The zero-order chi connectivity index (χ0) is 15.6. The first-order chi connectivity index (χ1) is 11.2. The van der Waals surface area contributed by atoms with Gasteiger partial charge in [0.05, 0.1) is 24.1 Å². The number of thiazole rings is 1. The van der Waals surface area contributed by atoms with E-state index in [0.29, 0.717) is 18.9 Å². The second-order valence-electron chi connectivity index (χ2n) is 6.42. The molecule has 1 aliphatic heterocycles. The maximum absolute atomic E-state index is 12.2. The summed E-state index contributed by atoms with van der Waals surface area (Å²) in [6.07, 6.45) is 6.91. The molecule has 2 aliphatic rings. The Morgan fingerprint density at radius 3 is 3.04 bits per heavy atom. The summed E-state index contributed by atoms with van der Waals surface area (Å²) in [7, 11) is 2.01. The van der Waals surface area contributed by atoms with E-state index in [1.165, 1.54) is 24.1 Å². The molecule has 0 bridgehead atoms. The van der Waals surface area contributed by atoms with Gasteiger partial charge < -0.3 is 5.32 Å². The number of nitrogens with one attached hydrogen (secondary N) is 1. The fraction of sp³-hybridized carbons (Fsp3) is 0.438. The SMILES string of the molecule is Cn1ncc([C@H]2CC(=O)NCc3nc4sccn4c32)c1C1CC1. The third-order valence-electron chi connectivity index (χ3n) is 4.90. The van der Waals surface area contributed by atoms with Crippen molar-refractivity contribution in [1.29, 1.82) is 0 Å². The van der Waals surface area contributed by atoms with Crippen molar-refractivity contribution in [3.8, 4) is 0 Å². The molecule has 1 atom stereocenters. The average molecular weight is 327 g/mol. The molecule has 118 valence electrons. The summed E-state index contributed by atoms with van der Waals surface area (Å²) in [4.78, 5) is 18.0. The molecule has 3 aromatic heterocycles. The first kappa shape index (κ1) is 13.3. The molecule has 1 fully saturated rings. The van der Waals surface area contributed by atoms with Gasteiger partial charge in [-0.15, -0.1) is 11.3 Å². The van der Waals surface area contributed by atoms with Crippen LogP contribution in [0, 0.1) is 0 Å². The Morgan fingerprint density at radius 1 is 1.35 bits per heavy atom. The maximum Gasteiger partial charge on any atom is 0.221 e. The Morgan fingerprint density at radius 2 is 2.22 bits per heavy atom. The molecule has 1 N–H and O–H groups in total. The van der Waals surface area contributed by atoms with Crippen molar-refractivity contribution >= 4 is 22.2 Å². The number of aryl methyl sites for hydroxylation is 1. The summed E-state index contributed by atoms with van der Waals surface area (Å²) >= 11 is 1.63. The lowest BCUT2D eigenvalue weighted by atomic mass is 9.90. The molecule has 0 aromatic carbocycles. The third-order valence-corrected chi connectivity index (χ3v) is 5.66. The molecular weight excluding hydrogens is 310 g/mol. The predicted molar refractivity (Wildman–Crippen MR) is 86.6 cm³/mol. The van der Waals surface area contributed by atoms with Gasteiger partial charge in [-0.05, 0) is 12.8 Å². The molecule has 3 aromatic rings. The minimum Gasteiger partial charge on any atom is -0.350 e. The number of rotatable bonds is 2. The van der Waals surface area contributed by atoms with Gasteiger partial charge in [-0.2, -0.15) is 5.10 Å². The largest absolute Gasteiger partial charge is 0.350 e. The van der Waals surface area contributed by atoms with Crippen LogP contribution < -0.4 is 5.32 Å². The van der Waals surface area contributed by atoms with Crippen LogP contribution in [0.5, 0.6) is 0 Å². The summed E-state index contributed by atoms with van der Waals surface area (Å²) in [5, 5.41) is 9.52. The molecule has 4 heterocycles. The molecular formula is C16H17N5OS. The van der Waals surface area contributed by atoms with Crippen molar-refractivity contribution in [3.63, 3.8) is 0 Å². The number of carbonyl (C=O) groups is 1. The lowest BCUT2D eigenvalue weighted by Crippen LogP contribution is -2.21. The van der Waals surface area contributed by atoms with E-state index in [9.17, 15) is 4.79 Å². The summed E-state index contributed by atoms with van der Waals surface area (Å²) < 4.78 is 4.13. The van der Waals surface area contributed by atoms with Gasteiger partial charge in [0, 0.05) is 48.1 Å². The van der Waals surface area contributed by atoms with E-state index < -0.39 is 0 Å². The van der Waals surface area contributed by atoms with Crippen molar-refractivity contribution in [2.45, 2.75) is 37.6 Å². The van der Waals surface area contributed by atoms with Crippen molar-refractivity contribution < 1.29 is 4.79 Å². The first-order valence-electron chi connectivity index (χ1n) is 7.95. The summed E-state index contributed by atoms with van der Waals surface area (Å²) in [5.74, 6) is 0.710. The highest BCUT2D eigenvalue weighted by molar-refractivity contribution is 7.15. The van der Waals surface area contributed by atoms with E-state index in [1.54, 1.807) is 11.3 Å². The van der Waals surface area contributed by atoms with E-state index >= 15 is 0 Å². The first-order valence-corrected chi connectivity index (χ1v) is 8.83. The number of nitrogens with zero attached hydrogens (tertiary/aromatic N) is 4. The molecule has 0 spiro atoms. The lowest BCUT2D eigenvalue weighted by molar-refractivity contribution is -0.121. The highest BCUT2D eigenvalue weighted by Crippen LogP contribution is 2.45. The minimum atomic E-state index is 0.0291. The van der Waals surface area contributed by atoms with Gasteiger partial charge in [-0.3, -0.25) is 13.9 Å². The number of hydrogen-bond acceptors (Lipinski definition) is 4. The van der Waals surface area contributed by atoms with Crippen LogP contribution in [0.2, 0.25) is 0 Å². The molecule has 0 unspecified atom stereocenters. The van der Waals surface area contributed by atoms with E-state index in [2.05, 4.69) is 21.0 Å². The van der Waals surface area contributed by atoms with Crippen molar-refractivity contribution in [3.05, 3.63) is 40.4 Å². The molecule has 1 aliphatic carbocycles. The number of carbonyl (C=O) groups excluding carboxylic acids is 1. The van der Waals surface area contributed by atoms with Crippen LogP contribution >= 0.6 is 11.3 Å². The Labute approximate surface area is 137 Å². The third kappa shape index (κ3) is 1.96. The second-order valence-corrected chi connectivity index (χ2v) is 7.29.